The number of aliphatic carboxylic acids is 1. The molecule has 0 rings (SSSR count). The van der Waals surface area contributed by atoms with Crippen molar-refractivity contribution in [1.82, 2.24) is 0 Å². The Hall–Kier alpha value is -0.880. The van der Waals surface area contributed by atoms with Gasteiger partial charge in [-0.3, -0.25) is 4.55 Å². The maximum absolute atomic E-state index is 10.8. The van der Waals surface area contributed by atoms with Crippen LogP contribution in [0.4, 0.5) is 0 Å². The van der Waals surface area contributed by atoms with Crippen molar-refractivity contribution in [3.63, 3.8) is 0 Å². The van der Waals surface area contributed by atoms with E-state index in [2.05, 4.69) is 6.58 Å². The number of carboxylic acids is 1. The van der Waals surface area contributed by atoms with Gasteiger partial charge in [-0.2, -0.15) is 8.42 Å². The lowest BCUT2D eigenvalue weighted by atomic mass is 10.0. The fourth-order valence-corrected chi connectivity index (χ4v) is 2.20. The van der Waals surface area contributed by atoms with E-state index in [1.165, 1.54) is 13.8 Å². The Morgan fingerprint density at radius 1 is 1.38 bits per heavy atom. The number of rotatable bonds is 4. The Labute approximate surface area is 76.8 Å². The molecule has 0 aliphatic carbocycles. The van der Waals surface area contributed by atoms with E-state index in [1.54, 1.807) is 0 Å². The van der Waals surface area contributed by atoms with Crippen LogP contribution in [-0.4, -0.2) is 29.3 Å². The topological polar surface area (TPSA) is 91.7 Å². The molecule has 0 aliphatic rings. The molecule has 0 amide bonds. The second-order valence-electron chi connectivity index (χ2n) is 3.01. The molecule has 0 saturated heterocycles. The average Bonchev–Trinajstić information content (AvgIpc) is 1.82. The summed E-state index contributed by atoms with van der Waals surface area (Å²) >= 11 is 0. The van der Waals surface area contributed by atoms with E-state index >= 15 is 0 Å². The SMILES string of the molecule is C=C(C(=O)O)C(C(C)C)S(=O)(=O)O. The summed E-state index contributed by atoms with van der Waals surface area (Å²) in [5.74, 6) is -1.95. The second-order valence-corrected chi connectivity index (χ2v) is 4.55. The number of carbonyl (C=O) groups is 1. The van der Waals surface area contributed by atoms with E-state index in [-0.39, 0.29) is 0 Å². The van der Waals surface area contributed by atoms with Crippen LogP contribution in [0.15, 0.2) is 12.2 Å². The Morgan fingerprint density at radius 2 is 1.77 bits per heavy atom. The fraction of sp³-hybridized carbons (Fsp3) is 0.571. The highest BCUT2D eigenvalue weighted by molar-refractivity contribution is 7.86. The van der Waals surface area contributed by atoms with E-state index in [0.717, 1.165) is 0 Å². The minimum atomic E-state index is -4.39. The molecular formula is C7H12O5S. The molecule has 0 saturated carbocycles. The zero-order valence-corrected chi connectivity index (χ0v) is 8.21. The van der Waals surface area contributed by atoms with Crippen molar-refractivity contribution < 1.29 is 22.9 Å². The Bertz CT molecular complexity index is 314. The van der Waals surface area contributed by atoms with Gasteiger partial charge in [0.05, 0.1) is 5.57 Å². The van der Waals surface area contributed by atoms with Crippen molar-refractivity contribution in [2.45, 2.75) is 19.1 Å². The van der Waals surface area contributed by atoms with E-state index in [0.29, 0.717) is 0 Å². The predicted molar refractivity (Wildman–Crippen MR) is 47.0 cm³/mol. The Morgan fingerprint density at radius 3 is 1.85 bits per heavy atom. The molecule has 0 aromatic heterocycles. The third-order valence-electron chi connectivity index (χ3n) is 1.54. The first kappa shape index (κ1) is 12.1. The van der Waals surface area contributed by atoms with Gasteiger partial charge in [0.25, 0.3) is 10.1 Å². The number of carboxylic acid groups (broad SMARTS) is 1. The quantitative estimate of drug-likeness (QED) is 0.519. The maximum Gasteiger partial charge on any atom is 0.332 e. The van der Waals surface area contributed by atoms with E-state index in [1.807, 2.05) is 0 Å². The predicted octanol–water partition coefficient (Wildman–Crippen LogP) is 0.540. The highest BCUT2D eigenvalue weighted by atomic mass is 32.2. The van der Waals surface area contributed by atoms with Crippen LogP contribution in [0.2, 0.25) is 0 Å². The lowest BCUT2D eigenvalue weighted by Gasteiger charge is -2.16. The molecule has 1 atom stereocenters. The molecule has 6 heteroatoms. The second kappa shape index (κ2) is 3.89. The van der Waals surface area contributed by atoms with Crippen LogP contribution in [0.3, 0.4) is 0 Å². The summed E-state index contributed by atoms with van der Waals surface area (Å²) in [5, 5.41) is 7.05. The molecule has 5 nitrogen and oxygen atoms in total. The summed E-state index contributed by atoms with van der Waals surface area (Å²) in [7, 11) is -4.39. The van der Waals surface area contributed by atoms with E-state index in [4.69, 9.17) is 9.66 Å². The molecule has 76 valence electrons. The summed E-state index contributed by atoms with van der Waals surface area (Å²) in [6.07, 6.45) is 0. The van der Waals surface area contributed by atoms with Crippen LogP contribution >= 0.6 is 0 Å². The van der Waals surface area contributed by atoms with Crippen LogP contribution < -0.4 is 0 Å². The molecule has 0 aromatic rings. The highest BCUT2D eigenvalue weighted by Gasteiger charge is 2.32. The van der Waals surface area contributed by atoms with Gasteiger partial charge in [-0.25, -0.2) is 4.79 Å². The van der Waals surface area contributed by atoms with Gasteiger partial charge in [-0.05, 0) is 5.92 Å². The molecule has 0 heterocycles. The molecule has 0 fully saturated rings. The largest absolute Gasteiger partial charge is 0.478 e. The molecule has 1 unspecified atom stereocenters. The smallest absolute Gasteiger partial charge is 0.332 e. The molecule has 0 radical (unpaired) electrons. The van der Waals surface area contributed by atoms with Crippen LogP contribution in [-0.2, 0) is 14.9 Å². The summed E-state index contributed by atoms with van der Waals surface area (Å²) in [6.45, 7) is 6.09. The zero-order valence-electron chi connectivity index (χ0n) is 7.39. The minimum absolute atomic E-state index is 0.516. The van der Waals surface area contributed by atoms with Gasteiger partial charge < -0.3 is 5.11 Å². The van der Waals surface area contributed by atoms with E-state index < -0.39 is 32.8 Å². The van der Waals surface area contributed by atoms with E-state index in [9.17, 15) is 13.2 Å². The van der Waals surface area contributed by atoms with Crippen molar-refractivity contribution in [2.24, 2.45) is 5.92 Å². The Kier molecular flexibility index (Phi) is 3.62. The first-order chi connectivity index (χ1) is 5.68. The van der Waals surface area contributed by atoms with Crippen molar-refractivity contribution in [3.8, 4) is 0 Å². The summed E-state index contributed by atoms with van der Waals surface area (Å²) in [6, 6.07) is 0. The molecule has 0 aromatic carbocycles. The first-order valence-corrected chi connectivity index (χ1v) is 5.06. The highest BCUT2D eigenvalue weighted by Crippen LogP contribution is 2.18. The first-order valence-electron chi connectivity index (χ1n) is 3.56. The summed E-state index contributed by atoms with van der Waals surface area (Å²) in [4.78, 5) is 10.4. The van der Waals surface area contributed by atoms with Gasteiger partial charge in [0.1, 0.15) is 5.25 Å². The van der Waals surface area contributed by atoms with Crippen molar-refractivity contribution in [3.05, 3.63) is 12.2 Å². The monoisotopic (exact) mass is 208 g/mol. The number of hydrogen-bond donors (Lipinski definition) is 2. The lowest BCUT2D eigenvalue weighted by molar-refractivity contribution is -0.132. The fourth-order valence-electron chi connectivity index (χ4n) is 1.05. The zero-order chi connectivity index (χ0) is 10.8. The minimum Gasteiger partial charge on any atom is -0.478 e. The third-order valence-corrected chi connectivity index (χ3v) is 3.02. The molecule has 0 bridgehead atoms. The summed E-state index contributed by atoms with van der Waals surface area (Å²) < 4.78 is 30.2. The van der Waals surface area contributed by atoms with Crippen LogP contribution in [0.1, 0.15) is 13.8 Å². The van der Waals surface area contributed by atoms with Gasteiger partial charge in [0.2, 0.25) is 0 Å². The van der Waals surface area contributed by atoms with Crippen LogP contribution in [0.25, 0.3) is 0 Å². The van der Waals surface area contributed by atoms with Crippen molar-refractivity contribution in [1.29, 1.82) is 0 Å². The van der Waals surface area contributed by atoms with Crippen LogP contribution in [0.5, 0.6) is 0 Å². The van der Waals surface area contributed by atoms with Gasteiger partial charge in [-0.15, -0.1) is 0 Å². The van der Waals surface area contributed by atoms with Gasteiger partial charge in [0.15, 0.2) is 0 Å². The molecule has 0 spiro atoms. The molecule has 13 heavy (non-hydrogen) atoms. The Balaban J connectivity index is 5.07. The molecule has 2 N–H and O–H groups in total. The lowest BCUT2D eigenvalue weighted by Crippen LogP contribution is -2.31. The van der Waals surface area contributed by atoms with Gasteiger partial charge in [0, 0.05) is 0 Å². The average molecular weight is 208 g/mol. The third kappa shape index (κ3) is 3.16. The van der Waals surface area contributed by atoms with Crippen LogP contribution in [0, 0.1) is 5.92 Å². The van der Waals surface area contributed by atoms with Gasteiger partial charge >= 0.3 is 5.97 Å². The maximum atomic E-state index is 10.8. The summed E-state index contributed by atoms with van der Waals surface area (Å²) in [5.41, 5.74) is -0.516. The normalized spacial score (nSPS) is 14.2. The van der Waals surface area contributed by atoms with Crippen molar-refractivity contribution >= 4 is 16.1 Å². The van der Waals surface area contributed by atoms with Crippen molar-refractivity contribution in [2.75, 3.05) is 0 Å². The van der Waals surface area contributed by atoms with Gasteiger partial charge in [-0.1, -0.05) is 20.4 Å². The molecule has 0 aliphatic heterocycles. The molecular weight excluding hydrogens is 196 g/mol. The number of hydrogen-bond acceptors (Lipinski definition) is 3. The standard InChI is InChI=1S/C7H12O5S/c1-4(2)6(13(10,11)12)5(3)7(8)9/h4,6H,3H2,1-2H3,(H,8,9)(H,10,11,12).